The number of nitrogens with two attached hydrogens (primary N) is 1. The Morgan fingerprint density at radius 2 is 1.67 bits per heavy atom. The lowest BCUT2D eigenvalue weighted by Gasteiger charge is -2.28. The molecular formula is C35H42ClFN8O3. The number of aromatic amines is 1. The zero-order valence-electron chi connectivity index (χ0n) is 27.3. The largest absolute Gasteiger partial charge is 0.350 e. The third-order valence-electron chi connectivity index (χ3n) is 8.62. The summed E-state index contributed by atoms with van der Waals surface area (Å²) in [6.45, 7) is 6.41. The van der Waals surface area contributed by atoms with E-state index in [1.165, 1.54) is 12.1 Å². The average molecular weight is 677 g/mol. The van der Waals surface area contributed by atoms with Crippen molar-refractivity contribution in [2.75, 3.05) is 11.9 Å². The molecule has 13 heteroatoms. The topological polar surface area (TPSA) is 168 Å². The van der Waals surface area contributed by atoms with E-state index in [2.05, 4.69) is 36.6 Å². The highest BCUT2D eigenvalue weighted by Gasteiger charge is 2.29. The lowest BCUT2D eigenvalue weighted by Crippen LogP contribution is -2.48. The highest BCUT2D eigenvalue weighted by Crippen LogP contribution is 2.29. The van der Waals surface area contributed by atoms with Gasteiger partial charge < -0.3 is 21.7 Å². The van der Waals surface area contributed by atoms with Crippen LogP contribution in [0.15, 0.2) is 60.7 Å². The number of nitrogens with zero attached hydrogens (tertiary/aromatic N) is 3. The minimum absolute atomic E-state index is 0. The molecule has 1 aromatic heterocycles. The van der Waals surface area contributed by atoms with Crippen molar-refractivity contribution in [2.24, 2.45) is 17.6 Å². The first-order chi connectivity index (χ1) is 22.6. The van der Waals surface area contributed by atoms with Gasteiger partial charge >= 0.3 is 0 Å². The zero-order valence-corrected chi connectivity index (χ0v) is 28.1. The molecule has 0 unspecified atom stereocenters. The number of carbonyl (C=O) groups excluding carboxylic acids is 3. The van der Waals surface area contributed by atoms with Crippen molar-refractivity contribution in [3.8, 4) is 22.5 Å². The molecule has 5 rings (SSSR count). The molecular weight excluding hydrogens is 635 g/mol. The van der Waals surface area contributed by atoms with Crippen molar-refractivity contribution >= 4 is 35.8 Å². The van der Waals surface area contributed by atoms with E-state index in [-0.39, 0.29) is 59.7 Å². The Kier molecular flexibility index (Phi) is 12.4. The van der Waals surface area contributed by atoms with Gasteiger partial charge in [-0.05, 0) is 117 Å². The quantitative estimate of drug-likeness (QED) is 0.149. The molecule has 3 amide bonds. The van der Waals surface area contributed by atoms with Crippen LogP contribution in [0.1, 0.15) is 61.0 Å². The number of halogens is 2. The van der Waals surface area contributed by atoms with Crippen LogP contribution in [-0.4, -0.2) is 57.0 Å². The maximum absolute atomic E-state index is 14.9. The predicted molar refractivity (Wildman–Crippen MR) is 185 cm³/mol. The number of benzene rings is 3. The molecule has 1 aliphatic rings. The molecule has 6 N–H and O–H groups in total. The average Bonchev–Trinajstić information content (AvgIpc) is 3.59. The summed E-state index contributed by atoms with van der Waals surface area (Å²) < 4.78 is 14.9. The molecule has 0 spiro atoms. The molecule has 0 bridgehead atoms. The smallest absolute Gasteiger partial charge is 0.251 e. The molecule has 254 valence electrons. The molecule has 0 saturated heterocycles. The fraction of sp³-hybridized carbons (Fsp3) is 0.371. The van der Waals surface area contributed by atoms with E-state index in [9.17, 15) is 18.8 Å². The van der Waals surface area contributed by atoms with Crippen molar-refractivity contribution in [3.05, 3.63) is 83.2 Å². The van der Waals surface area contributed by atoms with Crippen molar-refractivity contribution < 1.29 is 18.8 Å². The number of carbonyl (C=O) groups is 3. The van der Waals surface area contributed by atoms with Crippen LogP contribution in [0, 0.1) is 24.6 Å². The summed E-state index contributed by atoms with van der Waals surface area (Å²) >= 11 is 0. The molecule has 1 fully saturated rings. The van der Waals surface area contributed by atoms with Crippen molar-refractivity contribution in [1.29, 1.82) is 0 Å². The zero-order chi connectivity index (χ0) is 33.5. The minimum atomic E-state index is -0.902. The molecule has 0 radical (unpaired) electrons. The van der Waals surface area contributed by atoms with Crippen LogP contribution in [0.25, 0.3) is 22.5 Å². The van der Waals surface area contributed by atoms with Gasteiger partial charge in [0.25, 0.3) is 5.91 Å². The maximum atomic E-state index is 14.9. The molecule has 0 aliphatic heterocycles. The van der Waals surface area contributed by atoms with Gasteiger partial charge in [0.15, 0.2) is 0 Å². The molecule has 1 saturated carbocycles. The number of amides is 3. The van der Waals surface area contributed by atoms with Gasteiger partial charge in [0.2, 0.25) is 17.6 Å². The fourth-order valence-electron chi connectivity index (χ4n) is 5.97. The number of tetrazole rings is 1. The summed E-state index contributed by atoms with van der Waals surface area (Å²) in [7, 11) is 0. The highest BCUT2D eigenvalue weighted by molar-refractivity contribution is 5.98. The Balaban J connectivity index is 0.00000520. The van der Waals surface area contributed by atoms with Gasteiger partial charge in [-0.3, -0.25) is 14.4 Å². The summed E-state index contributed by atoms with van der Waals surface area (Å²) in [5.74, 6) is -1.06. The Morgan fingerprint density at radius 1 is 0.958 bits per heavy atom. The van der Waals surface area contributed by atoms with Crippen LogP contribution < -0.4 is 21.7 Å². The SMILES string of the molecule is Cc1cc(C(=O)NC(C)C)ccc1-c1ccc(C[C@H](NC(=O)[C@H]2CC[C@H](CN)CC2)C(=O)Nc2ccc(-c3nn[nH]n3)c(F)c2)cc1.Cl. The Bertz CT molecular complexity index is 1710. The van der Waals surface area contributed by atoms with E-state index in [4.69, 9.17) is 5.73 Å². The van der Waals surface area contributed by atoms with E-state index in [0.717, 1.165) is 47.9 Å². The Labute approximate surface area is 285 Å². The first-order valence-electron chi connectivity index (χ1n) is 16.0. The normalized spacial score (nSPS) is 16.5. The second-order valence-electron chi connectivity index (χ2n) is 12.5. The summed E-state index contributed by atoms with van der Waals surface area (Å²) in [4.78, 5) is 39.4. The van der Waals surface area contributed by atoms with Gasteiger partial charge in [0.05, 0.1) is 5.56 Å². The Hall–Kier alpha value is -4.68. The van der Waals surface area contributed by atoms with Gasteiger partial charge in [-0.25, -0.2) is 4.39 Å². The molecule has 4 aromatic rings. The third kappa shape index (κ3) is 9.02. The van der Waals surface area contributed by atoms with Crippen LogP contribution in [0.2, 0.25) is 0 Å². The first-order valence-corrected chi connectivity index (χ1v) is 16.0. The lowest BCUT2D eigenvalue weighted by molar-refractivity contribution is -0.130. The standard InChI is InChI=1S/C35H41FN8O3.ClH/c1-20(2)38-34(46)26-12-14-28(21(3)16-26)24-8-4-22(5-9-24)17-31(40-33(45)25-10-6-23(19-37)7-11-25)35(47)39-27-13-15-29(30(36)18-27)32-41-43-44-42-32;/h4-5,8-9,12-16,18,20,23,25,31H,6-7,10-11,17,19,37H2,1-3H3,(H,38,46)(H,39,47)(H,40,45)(H,41,42,43,44);1H/t23-,25-,31-;/m0./s1. The highest BCUT2D eigenvalue weighted by atomic mass is 35.5. The number of nitrogens with one attached hydrogen (secondary N) is 4. The number of aryl methyl sites for hydroxylation is 1. The van der Waals surface area contributed by atoms with Crippen molar-refractivity contribution in [3.63, 3.8) is 0 Å². The molecule has 3 aromatic carbocycles. The maximum Gasteiger partial charge on any atom is 0.251 e. The summed E-state index contributed by atoms with van der Waals surface area (Å²) in [5, 5.41) is 22.0. The van der Waals surface area contributed by atoms with E-state index in [1.807, 2.05) is 63.2 Å². The van der Waals surface area contributed by atoms with Crippen LogP contribution in [0.3, 0.4) is 0 Å². The van der Waals surface area contributed by atoms with Gasteiger partial charge in [-0.1, -0.05) is 30.3 Å². The van der Waals surface area contributed by atoms with E-state index >= 15 is 0 Å². The second kappa shape index (κ2) is 16.4. The predicted octanol–water partition coefficient (Wildman–Crippen LogP) is 4.97. The van der Waals surface area contributed by atoms with Crippen LogP contribution in [-0.2, 0) is 16.0 Å². The van der Waals surface area contributed by atoms with E-state index in [0.29, 0.717) is 18.0 Å². The van der Waals surface area contributed by atoms with E-state index < -0.39 is 17.8 Å². The minimum Gasteiger partial charge on any atom is -0.350 e. The second-order valence-corrected chi connectivity index (χ2v) is 12.5. The fourth-order valence-corrected chi connectivity index (χ4v) is 5.97. The van der Waals surface area contributed by atoms with Gasteiger partial charge in [0, 0.05) is 29.6 Å². The number of anilines is 1. The van der Waals surface area contributed by atoms with Crippen molar-refractivity contribution in [2.45, 2.75) is 65.0 Å². The number of aromatic nitrogens is 4. The lowest BCUT2D eigenvalue weighted by atomic mass is 9.81. The monoisotopic (exact) mass is 676 g/mol. The number of H-pyrrole nitrogens is 1. The third-order valence-corrected chi connectivity index (χ3v) is 8.62. The number of rotatable bonds is 11. The van der Waals surface area contributed by atoms with Gasteiger partial charge in [-0.2, -0.15) is 5.21 Å². The Morgan fingerprint density at radius 3 is 2.27 bits per heavy atom. The van der Waals surface area contributed by atoms with Crippen LogP contribution >= 0.6 is 12.4 Å². The summed E-state index contributed by atoms with van der Waals surface area (Å²) in [6, 6.07) is 16.7. The van der Waals surface area contributed by atoms with Crippen molar-refractivity contribution in [1.82, 2.24) is 31.3 Å². The number of hydrogen-bond acceptors (Lipinski definition) is 7. The van der Waals surface area contributed by atoms with Gasteiger partial charge in [-0.15, -0.1) is 22.6 Å². The molecule has 1 aliphatic carbocycles. The van der Waals surface area contributed by atoms with Crippen LogP contribution in [0.5, 0.6) is 0 Å². The summed E-state index contributed by atoms with van der Waals surface area (Å²) in [6.07, 6.45) is 3.42. The molecule has 48 heavy (non-hydrogen) atoms. The van der Waals surface area contributed by atoms with Gasteiger partial charge in [0.1, 0.15) is 11.9 Å². The van der Waals surface area contributed by atoms with Crippen LogP contribution in [0.4, 0.5) is 10.1 Å². The molecule has 11 nitrogen and oxygen atoms in total. The molecule has 1 heterocycles. The first kappa shape index (κ1) is 36.2. The molecule has 1 atom stereocenters. The summed E-state index contributed by atoms with van der Waals surface area (Å²) in [5.41, 5.74) is 10.5. The number of hydrogen-bond donors (Lipinski definition) is 5. The van der Waals surface area contributed by atoms with E-state index in [1.54, 1.807) is 6.07 Å².